The number of rotatable bonds is 5. The van der Waals surface area contributed by atoms with Gasteiger partial charge in [0.05, 0.1) is 11.2 Å². The number of fused-ring (bicyclic) bond motifs is 2. The van der Waals surface area contributed by atoms with Crippen molar-refractivity contribution in [2.45, 2.75) is 19.4 Å². The summed E-state index contributed by atoms with van der Waals surface area (Å²) in [5.74, 6) is 0.869. The third-order valence-electron chi connectivity index (χ3n) is 5.52. The SMILES string of the molecule is NC(=O)c1cccc2c(-c3nc4c(c(NCc5ccccc5)n3)CCNCC4)ncn12. The van der Waals surface area contributed by atoms with Crippen molar-refractivity contribution in [3.8, 4) is 11.5 Å². The molecule has 156 valence electrons. The molecule has 4 aromatic rings. The van der Waals surface area contributed by atoms with Gasteiger partial charge < -0.3 is 16.4 Å². The maximum absolute atomic E-state index is 11.8. The normalized spacial score (nSPS) is 13.5. The molecule has 3 aromatic heterocycles. The summed E-state index contributed by atoms with van der Waals surface area (Å²) in [6, 6.07) is 15.6. The summed E-state index contributed by atoms with van der Waals surface area (Å²) in [6.07, 6.45) is 3.28. The average molecular weight is 413 g/mol. The van der Waals surface area contributed by atoms with Crippen LogP contribution in [0.2, 0.25) is 0 Å². The number of nitrogens with one attached hydrogen (secondary N) is 2. The second-order valence-corrected chi connectivity index (χ2v) is 7.53. The van der Waals surface area contributed by atoms with Crippen molar-refractivity contribution < 1.29 is 4.79 Å². The Balaban J connectivity index is 1.59. The first kappa shape index (κ1) is 19.2. The second kappa shape index (κ2) is 8.16. The largest absolute Gasteiger partial charge is 0.366 e. The fourth-order valence-corrected chi connectivity index (χ4v) is 3.97. The summed E-state index contributed by atoms with van der Waals surface area (Å²) in [5, 5.41) is 6.94. The first-order valence-corrected chi connectivity index (χ1v) is 10.4. The Kier molecular flexibility index (Phi) is 5.05. The van der Waals surface area contributed by atoms with Crippen molar-refractivity contribution in [3.63, 3.8) is 0 Å². The van der Waals surface area contributed by atoms with Crippen molar-refractivity contribution in [2.75, 3.05) is 18.4 Å². The van der Waals surface area contributed by atoms with Gasteiger partial charge in [-0.05, 0) is 30.7 Å². The summed E-state index contributed by atoms with van der Waals surface area (Å²) in [7, 11) is 0. The lowest BCUT2D eigenvalue weighted by Crippen LogP contribution is -2.16. The van der Waals surface area contributed by atoms with E-state index in [4.69, 9.17) is 15.7 Å². The average Bonchev–Trinajstić information content (AvgIpc) is 3.08. The lowest BCUT2D eigenvalue weighted by Gasteiger charge is -2.14. The molecule has 0 atom stereocenters. The van der Waals surface area contributed by atoms with Crippen LogP contribution in [0.3, 0.4) is 0 Å². The molecule has 0 radical (unpaired) electrons. The van der Waals surface area contributed by atoms with Crippen molar-refractivity contribution in [3.05, 3.63) is 77.4 Å². The van der Waals surface area contributed by atoms with Crippen LogP contribution in [0.5, 0.6) is 0 Å². The second-order valence-electron chi connectivity index (χ2n) is 7.53. The third kappa shape index (κ3) is 3.73. The van der Waals surface area contributed by atoms with Gasteiger partial charge in [-0.25, -0.2) is 15.0 Å². The fraction of sp³-hybridized carbons (Fsp3) is 0.217. The molecule has 8 nitrogen and oxygen atoms in total. The summed E-state index contributed by atoms with van der Waals surface area (Å²) in [6.45, 7) is 2.44. The van der Waals surface area contributed by atoms with Gasteiger partial charge in [0.15, 0.2) is 5.82 Å². The predicted octanol–water partition coefficient (Wildman–Crippen LogP) is 2.19. The highest BCUT2D eigenvalue weighted by atomic mass is 16.1. The van der Waals surface area contributed by atoms with Gasteiger partial charge in [-0.1, -0.05) is 36.4 Å². The maximum atomic E-state index is 11.8. The van der Waals surface area contributed by atoms with E-state index in [1.165, 1.54) is 5.56 Å². The zero-order valence-corrected chi connectivity index (χ0v) is 17.0. The highest BCUT2D eigenvalue weighted by Crippen LogP contribution is 2.27. The third-order valence-corrected chi connectivity index (χ3v) is 5.52. The Morgan fingerprint density at radius 1 is 1.06 bits per heavy atom. The Labute approximate surface area is 179 Å². The van der Waals surface area contributed by atoms with Crippen LogP contribution in [0, 0.1) is 0 Å². The molecule has 1 amide bonds. The van der Waals surface area contributed by atoms with Crippen molar-refractivity contribution in [1.29, 1.82) is 0 Å². The Bertz CT molecular complexity index is 1250. The molecule has 0 saturated heterocycles. The van der Waals surface area contributed by atoms with E-state index >= 15 is 0 Å². The lowest BCUT2D eigenvalue weighted by molar-refractivity contribution is 0.0994. The van der Waals surface area contributed by atoms with E-state index in [9.17, 15) is 4.79 Å². The van der Waals surface area contributed by atoms with E-state index in [1.807, 2.05) is 24.3 Å². The van der Waals surface area contributed by atoms with Crippen LogP contribution in [0.15, 0.2) is 54.9 Å². The molecule has 0 aliphatic carbocycles. The number of primary amides is 1. The molecule has 4 N–H and O–H groups in total. The Morgan fingerprint density at radius 3 is 2.74 bits per heavy atom. The number of pyridine rings is 1. The predicted molar refractivity (Wildman–Crippen MR) is 119 cm³/mol. The molecule has 0 bridgehead atoms. The number of carbonyl (C=O) groups is 1. The smallest absolute Gasteiger partial charge is 0.265 e. The minimum absolute atomic E-state index is 0.373. The summed E-state index contributed by atoms with van der Waals surface area (Å²) in [4.78, 5) is 26.1. The van der Waals surface area contributed by atoms with Crippen LogP contribution in [-0.2, 0) is 19.4 Å². The number of hydrogen-bond acceptors (Lipinski definition) is 6. The highest BCUT2D eigenvalue weighted by molar-refractivity contribution is 5.92. The van der Waals surface area contributed by atoms with E-state index in [1.54, 1.807) is 22.9 Å². The van der Waals surface area contributed by atoms with Crippen LogP contribution in [0.1, 0.15) is 27.3 Å². The molecule has 4 heterocycles. The van der Waals surface area contributed by atoms with Crippen molar-refractivity contribution in [2.24, 2.45) is 5.73 Å². The van der Waals surface area contributed by atoms with Gasteiger partial charge in [-0.3, -0.25) is 9.20 Å². The molecule has 1 aliphatic heterocycles. The van der Waals surface area contributed by atoms with E-state index in [2.05, 4.69) is 27.8 Å². The number of nitrogens with two attached hydrogens (primary N) is 1. The number of nitrogens with zero attached hydrogens (tertiary/aromatic N) is 4. The van der Waals surface area contributed by atoms with Crippen LogP contribution in [0.4, 0.5) is 5.82 Å². The van der Waals surface area contributed by atoms with Crippen LogP contribution in [-0.4, -0.2) is 38.3 Å². The number of hydrogen-bond donors (Lipinski definition) is 3. The first-order chi connectivity index (χ1) is 15.2. The summed E-state index contributed by atoms with van der Waals surface area (Å²) < 4.78 is 1.69. The molecule has 5 rings (SSSR count). The molecule has 0 saturated carbocycles. The number of benzene rings is 1. The number of carbonyl (C=O) groups excluding carboxylic acids is 1. The quantitative estimate of drug-likeness (QED) is 0.463. The van der Waals surface area contributed by atoms with E-state index in [0.717, 1.165) is 48.5 Å². The van der Waals surface area contributed by atoms with Gasteiger partial charge >= 0.3 is 0 Å². The molecule has 8 heteroatoms. The molecular formula is C23H23N7O. The number of aromatic nitrogens is 4. The molecule has 0 unspecified atom stereocenters. The first-order valence-electron chi connectivity index (χ1n) is 10.4. The van der Waals surface area contributed by atoms with Crippen molar-refractivity contribution >= 4 is 17.2 Å². The molecule has 0 fully saturated rings. The molecular weight excluding hydrogens is 390 g/mol. The standard InChI is InChI=1S/C23H23N7O/c24-21(31)19-8-4-7-18-20(27-14-30(18)19)23-28-17-10-12-25-11-9-16(17)22(29-23)26-13-15-5-2-1-3-6-15/h1-8,14,25H,9-13H2,(H2,24,31)(H,26,28,29). The zero-order chi connectivity index (χ0) is 21.2. The monoisotopic (exact) mass is 413 g/mol. The van der Waals surface area contributed by atoms with E-state index < -0.39 is 5.91 Å². The Morgan fingerprint density at radius 2 is 1.90 bits per heavy atom. The fourth-order valence-electron chi connectivity index (χ4n) is 3.97. The Hall–Kier alpha value is -3.78. The minimum Gasteiger partial charge on any atom is -0.366 e. The van der Waals surface area contributed by atoms with Gasteiger partial charge in [0, 0.05) is 25.1 Å². The topological polar surface area (TPSA) is 110 Å². The molecule has 0 spiro atoms. The van der Waals surface area contributed by atoms with Gasteiger partial charge in [0.2, 0.25) is 0 Å². The van der Waals surface area contributed by atoms with Crippen LogP contribution >= 0.6 is 0 Å². The van der Waals surface area contributed by atoms with E-state index in [0.29, 0.717) is 23.8 Å². The zero-order valence-electron chi connectivity index (χ0n) is 17.0. The van der Waals surface area contributed by atoms with Crippen LogP contribution in [0.25, 0.3) is 17.0 Å². The highest BCUT2D eigenvalue weighted by Gasteiger charge is 2.20. The van der Waals surface area contributed by atoms with E-state index in [-0.39, 0.29) is 0 Å². The minimum atomic E-state index is -0.506. The van der Waals surface area contributed by atoms with Crippen molar-refractivity contribution in [1.82, 2.24) is 24.7 Å². The molecule has 1 aliphatic rings. The van der Waals surface area contributed by atoms with Gasteiger partial charge in [-0.2, -0.15) is 0 Å². The molecule has 1 aromatic carbocycles. The maximum Gasteiger partial charge on any atom is 0.265 e. The summed E-state index contributed by atoms with van der Waals surface area (Å²) in [5.41, 5.74) is 10.6. The van der Waals surface area contributed by atoms with Gasteiger partial charge in [-0.15, -0.1) is 0 Å². The van der Waals surface area contributed by atoms with Gasteiger partial charge in [0.25, 0.3) is 5.91 Å². The number of amides is 1. The molecule has 31 heavy (non-hydrogen) atoms. The number of anilines is 1. The lowest BCUT2D eigenvalue weighted by atomic mass is 10.1. The van der Waals surface area contributed by atoms with Crippen LogP contribution < -0.4 is 16.4 Å². The van der Waals surface area contributed by atoms with Gasteiger partial charge in [0.1, 0.15) is 23.5 Å². The summed E-state index contributed by atoms with van der Waals surface area (Å²) >= 11 is 0. The number of imidazole rings is 1.